The lowest BCUT2D eigenvalue weighted by Crippen LogP contribution is -2.29. The average Bonchev–Trinajstić information content (AvgIpc) is 1.65. The van der Waals surface area contributed by atoms with Crippen molar-refractivity contribution in [3.63, 3.8) is 0 Å². The van der Waals surface area contributed by atoms with Crippen molar-refractivity contribution in [2.75, 3.05) is 0 Å². The molecule has 2 N–H and O–H groups in total. The lowest BCUT2D eigenvalue weighted by molar-refractivity contribution is 0.193. The van der Waals surface area contributed by atoms with Crippen molar-refractivity contribution in [1.82, 2.24) is 5.32 Å². The summed E-state index contributed by atoms with van der Waals surface area (Å²) in [5.74, 6) is 0. The Morgan fingerprint density at radius 2 is 2.50 bits per heavy atom. The molecule has 8 heavy (non-hydrogen) atoms. The number of hydrogen-bond acceptors (Lipinski definition) is 2. The van der Waals surface area contributed by atoms with E-state index in [1.807, 2.05) is 5.32 Å². The van der Waals surface area contributed by atoms with Gasteiger partial charge in [-0.05, 0) is 6.92 Å². The molecule has 0 aliphatic heterocycles. The van der Waals surface area contributed by atoms with E-state index in [0.717, 1.165) is 0 Å². The van der Waals surface area contributed by atoms with E-state index in [4.69, 9.17) is 10.4 Å². The third kappa shape index (κ3) is 2.97. The molecule has 0 aliphatic carbocycles. The van der Waals surface area contributed by atoms with Crippen LogP contribution in [0, 0.1) is 11.3 Å². The van der Waals surface area contributed by atoms with Gasteiger partial charge in [0.2, 0.25) is 0 Å². The van der Waals surface area contributed by atoms with E-state index in [0.29, 0.717) is 0 Å². The van der Waals surface area contributed by atoms with Gasteiger partial charge in [-0.3, -0.25) is 0 Å². The first kappa shape index (κ1) is 6.76. The topological polar surface area (TPSA) is 73.1 Å². The number of nitriles is 1. The predicted molar refractivity (Wildman–Crippen MR) is 26.2 cm³/mol. The van der Waals surface area contributed by atoms with E-state index in [9.17, 15) is 4.79 Å². The quantitative estimate of drug-likeness (QED) is 0.510. The van der Waals surface area contributed by atoms with Gasteiger partial charge in [0.25, 0.3) is 0 Å². The molecule has 1 atom stereocenters. The van der Waals surface area contributed by atoms with Gasteiger partial charge in [-0.15, -0.1) is 0 Å². The number of nitrogens with one attached hydrogen (secondary N) is 1. The molecule has 0 spiro atoms. The molecule has 0 radical (unpaired) electrons. The summed E-state index contributed by atoms with van der Waals surface area (Å²) in [6, 6.07) is 1.09. The summed E-state index contributed by atoms with van der Waals surface area (Å²) < 4.78 is 0. The molecule has 0 saturated carbocycles. The van der Waals surface area contributed by atoms with Gasteiger partial charge < -0.3 is 10.4 Å². The Bertz CT molecular complexity index is 126. The fourth-order valence-corrected chi connectivity index (χ4v) is 0.217. The van der Waals surface area contributed by atoms with Crippen LogP contribution in [0.2, 0.25) is 0 Å². The van der Waals surface area contributed by atoms with Crippen molar-refractivity contribution in [2.45, 2.75) is 13.0 Å². The first-order valence-electron chi connectivity index (χ1n) is 2.06. The molecule has 4 heteroatoms. The summed E-state index contributed by atoms with van der Waals surface area (Å²) in [7, 11) is 0. The number of carbonyl (C=O) groups is 1. The highest BCUT2D eigenvalue weighted by atomic mass is 16.4. The third-order valence-electron chi connectivity index (χ3n) is 0.534. The Balaban J connectivity index is 3.43. The van der Waals surface area contributed by atoms with Crippen LogP contribution in [0.15, 0.2) is 0 Å². The molecule has 4 nitrogen and oxygen atoms in total. The van der Waals surface area contributed by atoms with E-state index < -0.39 is 12.1 Å². The van der Waals surface area contributed by atoms with Crippen LogP contribution in [0.5, 0.6) is 0 Å². The molecule has 0 aliphatic rings. The van der Waals surface area contributed by atoms with Crippen molar-refractivity contribution >= 4 is 6.09 Å². The molecule has 1 amide bonds. The summed E-state index contributed by atoms with van der Waals surface area (Å²) in [5, 5.41) is 17.9. The minimum Gasteiger partial charge on any atom is -0.465 e. The third-order valence-corrected chi connectivity index (χ3v) is 0.534. The monoisotopic (exact) mass is 114 g/mol. The highest BCUT2D eigenvalue weighted by molar-refractivity contribution is 5.65. The molecule has 0 aromatic heterocycles. The van der Waals surface area contributed by atoms with E-state index in [-0.39, 0.29) is 0 Å². The molecule has 0 unspecified atom stereocenters. The largest absolute Gasteiger partial charge is 0.465 e. The fourth-order valence-electron chi connectivity index (χ4n) is 0.217. The van der Waals surface area contributed by atoms with Crippen LogP contribution >= 0.6 is 0 Å². The minimum absolute atomic E-state index is 0.618. The second kappa shape index (κ2) is 2.86. The normalized spacial score (nSPS) is 11.5. The van der Waals surface area contributed by atoms with Crippen LogP contribution in [-0.2, 0) is 0 Å². The number of hydrogen-bond donors (Lipinski definition) is 2. The Kier molecular flexibility index (Phi) is 2.41. The first-order chi connectivity index (χ1) is 3.66. The molecule has 0 saturated heterocycles. The number of rotatable bonds is 1. The summed E-state index contributed by atoms with van der Waals surface area (Å²) in [6.45, 7) is 1.47. The van der Waals surface area contributed by atoms with Gasteiger partial charge in [0.05, 0.1) is 6.07 Å². The molecule has 0 bridgehead atoms. The van der Waals surface area contributed by atoms with Gasteiger partial charge in [0, 0.05) is 0 Å². The maximum absolute atomic E-state index is 9.71. The second-order valence-corrected chi connectivity index (χ2v) is 1.30. The van der Waals surface area contributed by atoms with Crippen molar-refractivity contribution < 1.29 is 9.90 Å². The van der Waals surface area contributed by atoms with E-state index in [1.54, 1.807) is 6.07 Å². The molecular formula is C4H6N2O2. The Labute approximate surface area is 46.7 Å². The Morgan fingerprint density at radius 1 is 2.00 bits per heavy atom. The van der Waals surface area contributed by atoms with Crippen molar-refractivity contribution in [3.8, 4) is 6.07 Å². The van der Waals surface area contributed by atoms with Crippen molar-refractivity contribution in [3.05, 3.63) is 0 Å². The van der Waals surface area contributed by atoms with E-state index in [2.05, 4.69) is 0 Å². The van der Waals surface area contributed by atoms with E-state index in [1.165, 1.54) is 6.92 Å². The van der Waals surface area contributed by atoms with Crippen LogP contribution in [0.4, 0.5) is 4.79 Å². The molecule has 0 aromatic rings. The average molecular weight is 114 g/mol. The molecular weight excluding hydrogens is 108 g/mol. The van der Waals surface area contributed by atoms with Gasteiger partial charge in [-0.1, -0.05) is 0 Å². The van der Waals surface area contributed by atoms with Crippen LogP contribution in [-0.4, -0.2) is 17.2 Å². The number of nitrogens with zero attached hydrogens (tertiary/aromatic N) is 1. The fraction of sp³-hybridized carbons (Fsp3) is 0.500. The molecule has 0 aromatic carbocycles. The first-order valence-corrected chi connectivity index (χ1v) is 2.06. The van der Waals surface area contributed by atoms with Crippen LogP contribution in [0.1, 0.15) is 6.92 Å². The molecule has 0 heterocycles. The Hall–Kier alpha value is -1.24. The van der Waals surface area contributed by atoms with Crippen LogP contribution in [0.3, 0.4) is 0 Å². The lowest BCUT2D eigenvalue weighted by atomic mass is 10.4. The minimum atomic E-state index is -1.17. The summed E-state index contributed by atoms with van der Waals surface area (Å²) in [4.78, 5) is 9.71. The van der Waals surface area contributed by atoms with E-state index >= 15 is 0 Å². The zero-order valence-electron chi connectivity index (χ0n) is 4.38. The highest BCUT2D eigenvalue weighted by Gasteiger charge is 1.99. The molecule has 44 valence electrons. The smallest absolute Gasteiger partial charge is 0.405 e. The number of carboxylic acid groups (broad SMARTS) is 1. The molecule has 0 rings (SSSR count). The van der Waals surface area contributed by atoms with Crippen LogP contribution in [0.25, 0.3) is 0 Å². The second-order valence-electron chi connectivity index (χ2n) is 1.30. The summed E-state index contributed by atoms with van der Waals surface area (Å²) >= 11 is 0. The van der Waals surface area contributed by atoms with Gasteiger partial charge in [0.15, 0.2) is 0 Å². The van der Waals surface area contributed by atoms with Crippen molar-refractivity contribution in [2.24, 2.45) is 0 Å². The maximum atomic E-state index is 9.71. The SMILES string of the molecule is C[C@H](C#N)NC(=O)O. The van der Waals surface area contributed by atoms with Gasteiger partial charge in [-0.25, -0.2) is 4.79 Å². The highest BCUT2D eigenvalue weighted by Crippen LogP contribution is 1.73. The number of amides is 1. The van der Waals surface area contributed by atoms with Gasteiger partial charge in [-0.2, -0.15) is 5.26 Å². The molecule has 0 fully saturated rings. The van der Waals surface area contributed by atoms with Gasteiger partial charge in [0.1, 0.15) is 6.04 Å². The predicted octanol–water partition coefficient (Wildman–Crippen LogP) is 0.166. The standard InChI is InChI=1S/C4H6N2O2/c1-3(2-5)6-4(7)8/h3,6H,1H3,(H,7,8)/t3-/m1/s1. The summed E-state index contributed by atoms with van der Waals surface area (Å²) in [5.41, 5.74) is 0. The lowest BCUT2D eigenvalue weighted by Gasteiger charge is -1.97. The zero-order valence-corrected chi connectivity index (χ0v) is 4.38. The zero-order chi connectivity index (χ0) is 6.57. The van der Waals surface area contributed by atoms with Crippen molar-refractivity contribution in [1.29, 1.82) is 5.26 Å². The Morgan fingerprint density at radius 3 is 2.62 bits per heavy atom. The summed E-state index contributed by atoms with van der Waals surface area (Å²) in [6.07, 6.45) is -1.17. The maximum Gasteiger partial charge on any atom is 0.405 e. The van der Waals surface area contributed by atoms with Crippen LogP contribution < -0.4 is 5.32 Å². The van der Waals surface area contributed by atoms with Gasteiger partial charge >= 0.3 is 6.09 Å².